The minimum Gasteiger partial charge on any atom is -0.388 e. The Balaban J connectivity index is 2.23. The summed E-state index contributed by atoms with van der Waals surface area (Å²) < 4.78 is 0. The molecule has 0 fully saturated rings. The highest BCUT2D eigenvalue weighted by Crippen LogP contribution is 2.30. The van der Waals surface area contributed by atoms with Crippen molar-refractivity contribution < 1.29 is 5.11 Å². The number of hydrogen-bond donors (Lipinski definition) is 1. The lowest BCUT2D eigenvalue weighted by molar-refractivity contribution is 0.151. The van der Waals surface area contributed by atoms with E-state index in [1.165, 1.54) is 11.1 Å². The van der Waals surface area contributed by atoms with Crippen LogP contribution >= 0.6 is 0 Å². The van der Waals surface area contributed by atoms with E-state index in [1.54, 1.807) is 0 Å². The maximum Gasteiger partial charge on any atom is 0.0855 e. The van der Waals surface area contributed by atoms with Crippen molar-refractivity contribution in [2.45, 2.75) is 25.9 Å². The van der Waals surface area contributed by atoms with E-state index >= 15 is 0 Å². The van der Waals surface area contributed by atoms with Gasteiger partial charge in [0.2, 0.25) is 0 Å². The van der Waals surface area contributed by atoms with Gasteiger partial charge in [0.1, 0.15) is 0 Å². The highest BCUT2D eigenvalue weighted by atomic mass is 16.3. The number of hydrogen-bond acceptors (Lipinski definition) is 1. The lowest BCUT2D eigenvalue weighted by Crippen LogP contribution is -2.07. The van der Waals surface area contributed by atoms with E-state index in [1.807, 2.05) is 49.4 Å². The van der Waals surface area contributed by atoms with Crippen LogP contribution in [0.15, 0.2) is 54.6 Å². The molecule has 0 aromatic heterocycles. The van der Waals surface area contributed by atoms with Crippen molar-refractivity contribution in [2.75, 3.05) is 0 Å². The van der Waals surface area contributed by atoms with Crippen molar-refractivity contribution in [2.24, 2.45) is 0 Å². The van der Waals surface area contributed by atoms with E-state index in [0.717, 1.165) is 5.56 Å². The number of aliphatic hydroxyl groups excluding tert-OH is 1. The molecular formula is C16H18O. The van der Waals surface area contributed by atoms with Crippen LogP contribution in [0.5, 0.6) is 0 Å². The average Bonchev–Trinajstić information content (AvgIpc) is 2.38. The zero-order valence-corrected chi connectivity index (χ0v) is 10.3. The standard InChI is InChI=1S/C16H18O/c1-12-7-6-10-15(11-12)16(17)13(2)14-8-4-3-5-9-14/h3-11,13,16-17H,1-2H3. The fraction of sp³-hybridized carbons (Fsp3) is 0.250. The van der Waals surface area contributed by atoms with Gasteiger partial charge < -0.3 is 5.11 Å². The molecule has 0 heterocycles. The molecule has 0 amide bonds. The Kier molecular flexibility index (Phi) is 3.60. The van der Waals surface area contributed by atoms with E-state index in [2.05, 4.69) is 19.1 Å². The van der Waals surface area contributed by atoms with Crippen LogP contribution in [-0.4, -0.2) is 5.11 Å². The number of aryl methyl sites for hydroxylation is 1. The second-order valence-corrected chi connectivity index (χ2v) is 4.56. The first-order valence-electron chi connectivity index (χ1n) is 5.98. The molecule has 2 aromatic rings. The second kappa shape index (κ2) is 5.15. The number of rotatable bonds is 3. The Labute approximate surface area is 103 Å². The lowest BCUT2D eigenvalue weighted by atomic mass is 9.90. The van der Waals surface area contributed by atoms with Crippen molar-refractivity contribution in [3.05, 3.63) is 71.3 Å². The molecule has 2 unspecified atom stereocenters. The van der Waals surface area contributed by atoms with Crippen LogP contribution in [0.4, 0.5) is 0 Å². The molecule has 2 rings (SSSR count). The van der Waals surface area contributed by atoms with Crippen LogP contribution in [0.25, 0.3) is 0 Å². The van der Waals surface area contributed by atoms with Gasteiger partial charge in [0.25, 0.3) is 0 Å². The van der Waals surface area contributed by atoms with Gasteiger partial charge in [-0.25, -0.2) is 0 Å². The van der Waals surface area contributed by atoms with Gasteiger partial charge in [-0.1, -0.05) is 67.1 Å². The maximum absolute atomic E-state index is 10.4. The number of benzene rings is 2. The van der Waals surface area contributed by atoms with Crippen LogP contribution < -0.4 is 0 Å². The van der Waals surface area contributed by atoms with Gasteiger partial charge >= 0.3 is 0 Å². The first-order valence-corrected chi connectivity index (χ1v) is 5.98. The molecule has 2 atom stereocenters. The predicted molar refractivity (Wildman–Crippen MR) is 71.0 cm³/mol. The smallest absolute Gasteiger partial charge is 0.0855 e. The van der Waals surface area contributed by atoms with Crippen molar-refractivity contribution in [3.8, 4) is 0 Å². The predicted octanol–water partition coefficient (Wildman–Crippen LogP) is 3.83. The first-order chi connectivity index (χ1) is 8.18. The van der Waals surface area contributed by atoms with E-state index in [0.29, 0.717) is 0 Å². The fourth-order valence-corrected chi connectivity index (χ4v) is 2.08. The van der Waals surface area contributed by atoms with Gasteiger partial charge in [-0.2, -0.15) is 0 Å². The molecule has 0 aliphatic heterocycles. The third kappa shape index (κ3) is 2.75. The summed E-state index contributed by atoms with van der Waals surface area (Å²) in [5, 5.41) is 10.4. The van der Waals surface area contributed by atoms with Gasteiger partial charge in [-0.15, -0.1) is 0 Å². The van der Waals surface area contributed by atoms with Crippen molar-refractivity contribution >= 4 is 0 Å². The normalized spacial score (nSPS) is 14.3. The second-order valence-electron chi connectivity index (χ2n) is 4.56. The molecule has 0 saturated heterocycles. The zero-order valence-electron chi connectivity index (χ0n) is 10.3. The van der Waals surface area contributed by atoms with Crippen molar-refractivity contribution in [1.82, 2.24) is 0 Å². The minimum absolute atomic E-state index is 0.109. The summed E-state index contributed by atoms with van der Waals surface area (Å²) in [6.45, 7) is 4.10. The summed E-state index contributed by atoms with van der Waals surface area (Å²) in [7, 11) is 0. The number of aliphatic hydroxyl groups is 1. The van der Waals surface area contributed by atoms with E-state index in [-0.39, 0.29) is 5.92 Å². The molecule has 0 spiro atoms. The Hall–Kier alpha value is -1.60. The van der Waals surface area contributed by atoms with E-state index < -0.39 is 6.10 Å². The highest BCUT2D eigenvalue weighted by Gasteiger charge is 2.17. The Morgan fingerprint density at radius 3 is 2.18 bits per heavy atom. The summed E-state index contributed by atoms with van der Waals surface area (Å²) in [5.41, 5.74) is 3.34. The molecule has 0 bridgehead atoms. The largest absolute Gasteiger partial charge is 0.388 e. The Morgan fingerprint density at radius 2 is 1.53 bits per heavy atom. The van der Waals surface area contributed by atoms with E-state index in [4.69, 9.17) is 0 Å². The van der Waals surface area contributed by atoms with Gasteiger partial charge in [0, 0.05) is 5.92 Å². The zero-order chi connectivity index (χ0) is 12.3. The monoisotopic (exact) mass is 226 g/mol. The van der Waals surface area contributed by atoms with Crippen molar-refractivity contribution in [1.29, 1.82) is 0 Å². The molecule has 0 saturated carbocycles. The quantitative estimate of drug-likeness (QED) is 0.843. The van der Waals surface area contributed by atoms with Crippen LogP contribution in [0, 0.1) is 6.92 Å². The summed E-state index contributed by atoms with van der Waals surface area (Å²) >= 11 is 0. The molecule has 1 heteroatoms. The molecular weight excluding hydrogens is 208 g/mol. The van der Waals surface area contributed by atoms with Gasteiger partial charge in [0.05, 0.1) is 6.10 Å². The highest BCUT2D eigenvalue weighted by molar-refractivity contribution is 5.28. The summed E-state index contributed by atoms with van der Waals surface area (Å²) in [6.07, 6.45) is -0.447. The fourth-order valence-electron chi connectivity index (χ4n) is 2.08. The SMILES string of the molecule is Cc1cccc(C(O)C(C)c2ccccc2)c1. The van der Waals surface area contributed by atoms with Gasteiger partial charge in [-0.3, -0.25) is 0 Å². The third-order valence-electron chi connectivity index (χ3n) is 3.18. The molecule has 0 radical (unpaired) electrons. The molecule has 88 valence electrons. The Bertz CT molecular complexity index is 476. The third-order valence-corrected chi connectivity index (χ3v) is 3.18. The molecule has 1 nitrogen and oxygen atoms in total. The van der Waals surface area contributed by atoms with E-state index in [9.17, 15) is 5.11 Å². The van der Waals surface area contributed by atoms with Gasteiger partial charge in [0.15, 0.2) is 0 Å². The molecule has 1 N–H and O–H groups in total. The van der Waals surface area contributed by atoms with Crippen LogP contribution in [0.1, 0.15) is 35.6 Å². The maximum atomic E-state index is 10.4. The summed E-state index contributed by atoms with van der Waals surface area (Å²) in [6, 6.07) is 18.2. The topological polar surface area (TPSA) is 20.2 Å². The van der Waals surface area contributed by atoms with Crippen LogP contribution in [-0.2, 0) is 0 Å². The van der Waals surface area contributed by atoms with Crippen molar-refractivity contribution in [3.63, 3.8) is 0 Å². The van der Waals surface area contributed by atoms with Gasteiger partial charge in [-0.05, 0) is 18.1 Å². The first kappa shape index (κ1) is 11.9. The average molecular weight is 226 g/mol. The molecule has 17 heavy (non-hydrogen) atoms. The van der Waals surface area contributed by atoms with Crippen LogP contribution in [0.3, 0.4) is 0 Å². The molecule has 0 aliphatic rings. The minimum atomic E-state index is -0.447. The van der Waals surface area contributed by atoms with Crippen LogP contribution in [0.2, 0.25) is 0 Å². The summed E-state index contributed by atoms with van der Waals surface area (Å²) in [4.78, 5) is 0. The lowest BCUT2D eigenvalue weighted by Gasteiger charge is -2.20. The molecule has 0 aliphatic carbocycles. The Morgan fingerprint density at radius 1 is 0.882 bits per heavy atom. The molecule has 2 aromatic carbocycles. The summed E-state index contributed by atoms with van der Waals surface area (Å²) in [5.74, 6) is 0.109.